The molecule has 0 bridgehead atoms. The highest BCUT2D eigenvalue weighted by Gasteiger charge is 2.39. The summed E-state index contributed by atoms with van der Waals surface area (Å²) in [5, 5.41) is 3.10. The predicted molar refractivity (Wildman–Crippen MR) is 133 cm³/mol. The first-order valence-corrected chi connectivity index (χ1v) is 12.4. The number of piperidine rings is 1. The van der Waals surface area contributed by atoms with E-state index in [9.17, 15) is 14.4 Å². The third-order valence-corrected chi connectivity index (χ3v) is 6.41. The van der Waals surface area contributed by atoms with Gasteiger partial charge in [0.15, 0.2) is 0 Å². The highest BCUT2D eigenvalue weighted by Crippen LogP contribution is 2.26. The van der Waals surface area contributed by atoms with Crippen LogP contribution in [0.25, 0.3) is 0 Å². The third kappa shape index (κ3) is 8.13. The Morgan fingerprint density at radius 2 is 1.76 bits per heavy atom. The van der Waals surface area contributed by atoms with Gasteiger partial charge in [0.25, 0.3) is 0 Å². The molecule has 7 nitrogen and oxygen atoms in total. The fourth-order valence-electron chi connectivity index (χ4n) is 4.41. The topological polar surface area (TPSA) is 79.0 Å². The molecular weight excluding hydrogens is 418 g/mol. The molecular formula is C26H47N3O4. The van der Waals surface area contributed by atoms with E-state index in [1.807, 2.05) is 34.6 Å². The van der Waals surface area contributed by atoms with Gasteiger partial charge in [0, 0.05) is 18.7 Å². The third-order valence-electron chi connectivity index (χ3n) is 6.41. The number of likely N-dealkylation sites (tertiary alicyclic amines) is 1. The summed E-state index contributed by atoms with van der Waals surface area (Å²) < 4.78 is 5.10. The predicted octanol–water partition coefficient (Wildman–Crippen LogP) is 3.77. The lowest BCUT2D eigenvalue weighted by Crippen LogP contribution is -2.60. The van der Waals surface area contributed by atoms with Crippen LogP contribution in [-0.4, -0.2) is 72.0 Å². The fourth-order valence-corrected chi connectivity index (χ4v) is 4.41. The fraction of sp³-hybridized carbons (Fsp3) is 0.808. The maximum Gasteiger partial charge on any atom is 0.333 e. The lowest BCUT2D eigenvalue weighted by molar-refractivity contribution is -0.142. The van der Waals surface area contributed by atoms with E-state index in [0.29, 0.717) is 12.2 Å². The second-order valence-corrected chi connectivity index (χ2v) is 10.9. The van der Waals surface area contributed by atoms with Crippen molar-refractivity contribution in [3.05, 3.63) is 11.6 Å². The summed E-state index contributed by atoms with van der Waals surface area (Å²) in [6.07, 6.45) is 4.71. The van der Waals surface area contributed by atoms with Gasteiger partial charge < -0.3 is 15.0 Å². The Hall–Kier alpha value is -1.89. The van der Waals surface area contributed by atoms with Crippen LogP contribution in [0.1, 0.15) is 81.6 Å². The molecule has 1 fully saturated rings. The minimum absolute atomic E-state index is 0.0782. The van der Waals surface area contributed by atoms with Crippen molar-refractivity contribution >= 4 is 17.8 Å². The first kappa shape index (κ1) is 29.1. The molecule has 0 aromatic heterocycles. The highest BCUT2D eigenvalue weighted by molar-refractivity contribution is 5.91. The van der Waals surface area contributed by atoms with Crippen molar-refractivity contribution < 1.29 is 19.1 Å². The zero-order valence-corrected chi connectivity index (χ0v) is 22.5. The number of nitrogens with zero attached hydrogens (tertiary/aromatic N) is 2. The van der Waals surface area contributed by atoms with E-state index >= 15 is 0 Å². The maximum atomic E-state index is 13.7. The molecule has 7 heteroatoms. The van der Waals surface area contributed by atoms with Crippen LogP contribution < -0.4 is 5.32 Å². The molecule has 0 aromatic rings. The van der Waals surface area contributed by atoms with Crippen LogP contribution in [0.5, 0.6) is 0 Å². The molecule has 0 aromatic carbocycles. The van der Waals surface area contributed by atoms with Crippen LogP contribution in [0.3, 0.4) is 0 Å². The van der Waals surface area contributed by atoms with Gasteiger partial charge in [0.1, 0.15) is 6.04 Å². The molecule has 0 radical (unpaired) electrons. The van der Waals surface area contributed by atoms with Gasteiger partial charge in [-0.15, -0.1) is 0 Å². The Labute approximate surface area is 201 Å². The Balaban J connectivity index is 3.15. The van der Waals surface area contributed by atoms with Crippen molar-refractivity contribution in [3.63, 3.8) is 0 Å². The van der Waals surface area contributed by atoms with E-state index in [-0.39, 0.29) is 41.8 Å². The number of rotatable bonds is 9. The first-order valence-electron chi connectivity index (χ1n) is 12.4. The largest absolute Gasteiger partial charge is 0.463 e. The Bertz CT molecular complexity index is 709. The molecule has 1 aliphatic rings. The molecule has 1 N–H and O–H groups in total. The summed E-state index contributed by atoms with van der Waals surface area (Å²) in [7, 11) is 1.74. The number of nitrogens with one attached hydrogen (secondary N) is 1. The molecule has 2 amide bonds. The van der Waals surface area contributed by atoms with E-state index in [4.69, 9.17) is 4.74 Å². The summed E-state index contributed by atoms with van der Waals surface area (Å²) >= 11 is 0. The van der Waals surface area contributed by atoms with E-state index < -0.39 is 11.5 Å². The van der Waals surface area contributed by atoms with E-state index in [0.717, 1.165) is 25.8 Å². The van der Waals surface area contributed by atoms with Gasteiger partial charge in [-0.3, -0.25) is 14.5 Å². The molecule has 0 saturated carbocycles. The number of carbonyl (C=O) groups is 3. The minimum atomic E-state index is -0.677. The van der Waals surface area contributed by atoms with Crippen LogP contribution in [0.15, 0.2) is 11.6 Å². The van der Waals surface area contributed by atoms with Gasteiger partial charge in [-0.1, -0.05) is 47.1 Å². The summed E-state index contributed by atoms with van der Waals surface area (Å²) in [5.41, 5.74) is 0.000989. The summed E-state index contributed by atoms with van der Waals surface area (Å²) in [5.74, 6) is -0.538. The molecule has 0 spiro atoms. The number of likely N-dealkylation sites (N-methyl/N-ethyl adjacent to an activating group) is 1. The smallest absolute Gasteiger partial charge is 0.333 e. The van der Waals surface area contributed by atoms with Crippen molar-refractivity contribution in [2.75, 3.05) is 20.2 Å². The monoisotopic (exact) mass is 465 g/mol. The molecule has 0 aliphatic carbocycles. The van der Waals surface area contributed by atoms with Gasteiger partial charge >= 0.3 is 5.97 Å². The normalized spacial score (nSPS) is 19.9. The molecule has 190 valence electrons. The van der Waals surface area contributed by atoms with Crippen LogP contribution in [0, 0.1) is 11.3 Å². The van der Waals surface area contributed by atoms with Crippen LogP contribution in [-0.2, 0) is 19.1 Å². The standard InChI is InChI=1S/C26H47N3O4/c1-11-33-25(32)19(6)16-21(17(2)3)28(10)24(31)22(26(7,8)9)27-23(30)20-14-12-13-15-29(20)18(4)5/h16-18,20-22H,11-15H2,1-10H3,(H,27,30)/t20?,21-,22-/m1/s1. The Morgan fingerprint density at radius 3 is 2.24 bits per heavy atom. The molecule has 1 aliphatic heterocycles. The maximum absolute atomic E-state index is 13.7. The number of hydrogen-bond donors (Lipinski definition) is 1. The van der Waals surface area contributed by atoms with Gasteiger partial charge in [-0.2, -0.15) is 0 Å². The Kier molecular flexibility index (Phi) is 11.1. The van der Waals surface area contributed by atoms with Crippen molar-refractivity contribution in [1.82, 2.24) is 15.1 Å². The lowest BCUT2D eigenvalue weighted by atomic mass is 9.84. The number of esters is 1. The van der Waals surface area contributed by atoms with Gasteiger partial charge in [-0.25, -0.2) is 4.79 Å². The number of hydrogen-bond acceptors (Lipinski definition) is 5. The van der Waals surface area contributed by atoms with Crippen LogP contribution in [0.2, 0.25) is 0 Å². The molecule has 1 unspecified atom stereocenters. The summed E-state index contributed by atoms with van der Waals surface area (Å²) in [4.78, 5) is 43.1. The summed E-state index contributed by atoms with van der Waals surface area (Å²) in [6.45, 7) is 18.8. The number of carbonyl (C=O) groups excluding carboxylic acids is 3. The van der Waals surface area contributed by atoms with E-state index in [2.05, 4.69) is 24.1 Å². The molecule has 3 atom stereocenters. The molecule has 33 heavy (non-hydrogen) atoms. The first-order chi connectivity index (χ1) is 15.2. The zero-order valence-electron chi connectivity index (χ0n) is 22.5. The van der Waals surface area contributed by atoms with E-state index in [1.165, 1.54) is 0 Å². The van der Waals surface area contributed by atoms with Gasteiger partial charge in [-0.05, 0) is 58.4 Å². The minimum Gasteiger partial charge on any atom is -0.463 e. The van der Waals surface area contributed by atoms with Crippen molar-refractivity contribution in [3.8, 4) is 0 Å². The average molecular weight is 466 g/mol. The molecule has 1 rings (SSSR count). The lowest BCUT2D eigenvalue weighted by Gasteiger charge is -2.41. The highest BCUT2D eigenvalue weighted by atomic mass is 16.5. The van der Waals surface area contributed by atoms with Crippen molar-refractivity contribution in [2.24, 2.45) is 11.3 Å². The second kappa shape index (κ2) is 12.5. The van der Waals surface area contributed by atoms with Crippen LogP contribution >= 0.6 is 0 Å². The van der Waals surface area contributed by atoms with Crippen LogP contribution in [0.4, 0.5) is 0 Å². The molecule has 1 saturated heterocycles. The molecule has 1 heterocycles. The van der Waals surface area contributed by atoms with Crippen molar-refractivity contribution in [2.45, 2.75) is 106 Å². The SMILES string of the molecule is CCOC(=O)C(C)=C[C@H](C(C)C)N(C)C(=O)[C@@H](NC(=O)C1CCCCN1C(C)C)C(C)(C)C. The van der Waals surface area contributed by atoms with Gasteiger partial charge in [0.2, 0.25) is 11.8 Å². The van der Waals surface area contributed by atoms with Gasteiger partial charge in [0.05, 0.1) is 18.7 Å². The quantitative estimate of drug-likeness (QED) is 0.414. The zero-order chi connectivity index (χ0) is 25.5. The Morgan fingerprint density at radius 1 is 1.15 bits per heavy atom. The second-order valence-electron chi connectivity index (χ2n) is 10.9. The van der Waals surface area contributed by atoms with E-state index in [1.54, 1.807) is 31.9 Å². The summed E-state index contributed by atoms with van der Waals surface area (Å²) in [6, 6.07) is -0.920. The number of amides is 2. The average Bonchev–Trinajstić information content (AvgIpc) is 2.73. The van der Waals surface area contributed by atoms with Crippen molar-refractivity contribution in [1.29, 1.82) is 0 Å². The number of ether oxygens (including phenoxy) is 1.